The average Bonchev–Trinajstić information content (AvgIpc) is 3.34. The lowest BCUT2D eigenvalue weighted by Gasteiger charge is -2.07. The molecule has 204 valence electrons. The monoisotopic (exact) mass is 546 g/mol. The van der Waals surface area contributed by atoms with Crippen LogP contribution < -0.4 is 9.47 Å². The van der Waals surface area contributed by atoms with Gasteiger partial charge in [-0.1, -0.05) is 48.5 Å². The van der Waals surface area contributed by atoms with Crippen LogP contribution in [0.2, 0.25) is 0 Å². The number of hydrogen-bond donors (Lipinski definition) is 0. The minimum absolute atomic E-state index is 0.223. The van der Waals surface area contributed by atoms with Crippen LogP contribution in [0.4, 0.5) is 0 Å². The highest BCUT2D eigenvalue weighted by Crippen LogP contribution is 2.30. The second-order valence-electron chi connectivity index (χ2n) is 9.19. The molecule has 5 aromatic rings. The highest BCUT2D eigenvalue weighted by molar-refractivity contribution is 6.07. The Morgan fingerprint density at radius 2 is 1.46 bits per heavy atom. The largest absolute Gasteiger partial charge is 0.489 e. The molecule has 7 heteroatoms. The number of carbonyl (C=O) groups is 3. The first-order chi connectivity index (χ1) is 19.9. The van der Waals surface area contributed by atoms with Crippen LogP contribution in [0, 0.1) is 6.92 Å². The number of esters is 2. The summed E-state index contributed by atoms with van der Waals surface area (Å²) in [6.45, 7) is 2.10. The standard InChI is InChI=1S/C34H26O7/c1-22-32(29-20-28(17-19-31(29)40-22)39-21-24-6-4-3-5-7-24)34(37)41-27-15-13-25(14-16-27)30(35)18-10-23-8-11-26(12-9-23)33(36)38-2/h3-20H,21H2,1-2H3. The average molecular weight is 547 g/mol. The molecule has 0 atom stereocenters. The van der Waals surface area contributed by atoms with Crippen molar-refractivity contribution < 1.29 is 33.0 Å². The molecule has 0 bridgehead atoms. The molecule has 0 N–H and O–H groups in total. The highest BCUT2D eigenvalue weighted by Gasteiger charge is 2.21. The Hall–Kier alpha value is -5.43. The topological polar surface area (TPSA) is 92.0 Å². The SMILES string of the molecule is COC(=O)c1ccc(C=CC(=O)c2ccc(OC(=O)c3c(C)oc4ccc(OCc5ccccc5)cc34)cc2)cc1. The van der Waals surface area contributed by atoms with E-state index in [9.17, 15) is 14.4 Å². The molecule has 0 unspecified atom stereocenters. The van der Waals surface area contributed by atoms with Crippen molar-refractivity contribution in [2.24, 2.45) is 0 Å². The van der Waals surface area contributed by atoms with E-state index in [0.717, 1.165) is 11.1 Å². The summed E-state index contributed by atoms with van der Waals surface area (Å²) in [4.78, 5) is 37.3. The number of rotatable bonds is 9. The molecule has 7 nitrogen and oxygen atoms in total. The molecule has 0 aliphatic rings. The summed E-state index contributed by atoms with van der Waals surface area (Å²) >= 11 is 0. The van der Waals surface area contributed by atoms with Gasteiger partial charge in [0, 0.05) is 10.9 Å². The third-order valence-corrected chi connectivity index (χ3v) is 6.40. The van der Waals surface area contributed by atoms with E-state index in [4.69, 9.17) is 13.9 Å². The van der Waals surface area contributed by atoms with Crippen LogP contribution in [-0.2, 0) is 11.3 Å². The Balaban J connectivity index is 1.25. The number of benzene rings is 4. The van der Waals surface area contributed by atoms with Gasteiger partial charge in [0.05, 0.1) is 12.7 Å². The van der Waals surface area contributed by atoms with E-state index in [1.54, 1.807) is 79.7 Å². The Bertz CT molecular complexity index is 1730. The lowest BCUT2D eigenvalue weighted by Crippen LogP contribution is -2.09. The molecule has 0 fully saturated rings. The number of methoxy groups -OCH3 is 1. The van der Waals surface area contributed by atoms with E-state index in [-0.39, 0.29) is 5.78 Å². The molecule has 0 saturated heterocycles. The van der Waals surface area contributed by atoms with Crippen molar-refractivity contribution in [2.75, 3.05) is 7.11 Å². The van der Waals surface area contributed by atoms with Gasteiger partial charge in [-0.3, -0.25) is 4.79 Å². The molecule has 1 aromatic heterocycles. The van der Waals surface area contributed by atoms with Gasteiger partial charge >= 0.3 is 11.9 Å². The number of ether oxygens (including phenoxy) is 3. The van der Waals surface area contributed by atoms with Gasteiger partial charge in [-0.2, -0.15) is 0 Å². The molecule has 1 heterocycles. The van der Waals surface area contributed by atoms with Crippen molar-refractivity contribution in [2.45, 2.75) is 13.5 Å². The van der Waals surface area contributed by atoms with Gasteiger partial charge in [-0.05, 0) is 78.7 Å². The summed E-state index contributed by atoms with van der Waals surface area (Å²) in [5, 5.41) is 0.592. The summed E-state index contributed by atoms with van der Waals surface area (Å²) < 4.78 is 22.0. The van der Waals surface area contributed by atoms with E-state index in [1.807, 2.05) is 30.3 Å². The first-order valence-corrected chi connectivity index (χ1v) is 12.8. The van der Waals surface area contributed by atoms with Gasteiger partial charge in [0.25, 0.3) is 0 Å². The van der Waals surface area contributed by atoms with Gasteiger partial charge in [-0.25, -0.2) is 9.59 Å². The molecule has 41 heavy (non-hydrogen) atoms. The summed E-state index contributed by atoms with van der Waals surface area (Å²) in [6.07, 6.45) is 3.09. The summed E-state index contributed by atoms with van der Waals surface area (Å²) in [6, 6.07) is 28.1. The summed E-state index contributed by atoms with van der Waals surface area (Å²) in [5.74, 6) is 0.106. The minimum atomic E-state index is -0.573. The number of hydrogen-bond acceptors (Lipinski definition) is 7. The fraction of sp³-hybridized carbons (Fsp3) is 0.0882. The number of allylic oxidation sites excluding steroid dienone is 1. The number of furan rings is 1. The van der Waals surface area contributed by atoms with E-state index in [0.29, 0.717) is 51.5 Å². The molecule has 0 amide bonds. The van der Waals surface area contributed by atoms with E-state index in [1.165, 1.54) is 13.2 Å². The maximum atomic E-state index is 13.1. The maximum Gasteiger partial charge on any atom is 0.347 e. The van der Waals surface area contributed by atoms with Crippen molar-refractivity contribution in [3.63, 3.8) is 0 Å². The minimum Gasteiger partial charge on any atom is -0.489 e. The Morgan fingerprint density at radius 1 is 0.780 bits per heavy atom. The molecule has 0 saturated carbocycles. The number of ketones is 1. The van der Waals surface area contributed by atoms with E-state index in [2.05, 4.69) is 4.74 Å². The van der Waals surface area contributed by atoms with Gasteiger partial charge < -0.3 is 18.6 Å². The van der Waals surface area contributed by atoms with Crippen molar-refractivity contribution >= 4 is 34.8 Å². The Labute approximate surface area is 236 Å². The van der Waals surface area contributed by atoms with Crippen LogP contribution in [0.1, 0.15) is 48.0 Å². The van der Waals surface area contributed by atoms with E-state index < -0.39 is 11.9 Å². The second-order valence-corrected chi connectivity index (χ2v) is 9.19. The quantitative estimate of drug-likeness (QED) is 0.0834. The smallest absolute Gasteiger partial charge is 0.347 e. The molecule has 0 spiro atoms. The fourth-order valence-electron chi connectivity index (χ4n) is 4.25. The third kappa shape index (κ3) is 6.42. The lowest BCUT2D eigenvalue weighted by molar-refractivity contribution is 0.0600. The zero-order valence-electron chi connectivity index (χ0n) is 22.5. The molecule has 4 aromatic carbocycles. The molecular weight excluding hydrogens is 520 g/mol. The van der Waals surface area contributed by atoms with Crippen LogP contribution in [-0.4, -0.2) is 24.8 Å². The molecule has 0 aliphatic carbocycles. The van der Waals surface area contributed by atoms with Crippen LogP contribution in [0.15, 0.2) is 108 Å². The Kier molecular flexibility index (Phi) is 8.06. The van der Waals surface area contributed by atoms with E-state index >= 15 is 0 Å². The number of carbonyl (C=O) groups excluding carboxylic acids is 3. The van der Waals surface area contributed by atoms with Gasteiger partial charge in [-0.15, -0.1) is 0 Å². The molecule has 5 rings (SSSR count). The predicted molar refractivity (Wildman–Crippen MR) is 154 cm³/mol. The second kappa shape index (κ2) is 12.2. The normalized spacial score (nSPS) is 11.0. The van der Waals surface area contributed by atoms with Gasteiger partial charge in [0.2, 0.25) is 0 Å². The van der Waals surface area contributed by atoms with Crippen LogP contribution in [0.25, 0.3) is 17.0 Å². The van der Waals surface area contributed by atoms with Crippen molar-refractivity contribution in [1.29, 1.82) is 0 Å². The van der Waals surface area contributed by atoms with Crippen LogP contribution in [0.5, 0.6) is 11.5 Å². The zero-order chi connectivity index (χ0) is 28.8. The Morgan fingerprint density at radius 3 is 2.17 bits per heavy atom. The first-order valence-electron chi connectivity index (χ1n) is 12.8. The zero-order valence-corrected chi connectivity index (χ0v) is 22.5. The fourth-order valence-corrected chi connectivity index (χ4v) is 4.25. The highest BCUT2D eigenvalue weighted by atomic mass is 16.5. The van der Waals surface area contributed by atoms with Gasteiger partial charge in [0.15, 0.2) is 5.78 Å². The molecule has 0 aliphatic heterocycles. The van der Waals surface area contributed by atoms with Crippen molar-refractivity contribution in [1.82, 2.24) is 0 Å². The number of aryl methyl sites for hydroxylation is 1. The molecular formula is C34H26O7. The maximum absolute atomic E-state index is 13.1. The van der Waals surface area contributed by atoms with Crippen LogP contribution in [0.3, 0.4) is 0 Å². The summed E-state index contributed by atoms with van der Waals surface area (Å²) in [7, 11) is 1.32. The lowest BCUT2D eigenvalue weighted by atomic mass is 10.1. The first kappa shape index (κ1) is 27.1. The van der Waals surface area contributed by atoms with Crippen molar-refractivity contribution in [3.8, 4) is 11.5 Å². The predicted octanol–water partition coefficient (Wildman–Crippen LogP) is 7.22. The van der Waals surface area contributed by atoms with Crippen molar-refractivity contribution in [3.05, 3.63) is 137 Å². The third-order valence-electron chi connectivity index (χ3n) is 6.40. The number of fused-ring (bicyclic) bond motifs is 1. The molecule has 0 radical (unpaired) electrons. The van der Waals surface area contributed by atoms with Gasteiger partial charge in [0.1, 0.15) is 35.0 Å². The van der Waals surface area contributed by atoms with Crippen LogP contribution >= 0.6 is 0 Å². The summed E-state index contributed by atoms with van der Waals surface area (Å²) in [5.41, 5.74) is 3.50.